The van der Waals surface area contributed by atoms with E-state index in [2.05, 4.69) is 24.1 Å². The van der Waals surface area contributed by atoms with Crippen LogP contribution in [0.5, 0.6) is 5.75 Å². The second-order valence-electron chi connectivity index (χ2n) is 4.99. The van der Waals surface area contributed by atoms with Crippen molar-refractivity contribution in [2.45, 2.75) is 26.7 Å². The van der Waals surface area contributed by atoms with Gasteiger partial charge in [-0.1, -0.05) is 37.6 Å². The summed E-state index contributed by atoms with van der Waals surface area (Å²) < 4.78 is 0. The number of benzene rings is 2. The molecule has 0 aromatic heterocycles. The number of phenolic OH excluding ortho intramolecular Hbond substituents is 1. The first-order valence-electron chi connectivity index (χ1n) is 6.49. The van der Waals surface area contributed by atoms with Crippen molar-refractivity contribution in [2.75, 3.05) is 0 Å². The minimum Gasteiger partial charge on any atom is -0.506 e. The summed E-state index contributed by atoms with van der Waals surface area (Å²) in [6.07, 6.45) is 0. The Morgan fingerprint density at radius 2 is 1.75 bits per heavy atom. The van der Waals surface area contributed by atoms with Gasteiger partial charge < -0.3 is 5.11 Å². The maximum atomic E-state index is 9.84. The van der Waals surface area contributed by atoms with Crippen molar-refractivity contribution in [3.05, 3.63) is 52.5 Å². The van der Waals surface area contributed by atoms with Crippen molar-refractivity contribution in [2.24, 2.45) is 10.2 Å². The normalized spacial score (nSPS) is 11.4. The van der Waals surface area contributed by atoms with Gasteiger partial charge in [0, 0.05) is 5.02 Å². The number of rotatable bonds is 3. The first kappa shape index (κ1) is 14.5. The number of nitrogens with zero attached hydrogens (tertiary/aromatic N) is 2. The summed E-state index contributed by atoms with van der Waals surface area (Å²) in [5.41, 5.74) is 3.15. The van der Waals surface area contributed by atoms with Crippen LogP contribution in [0.2, 0.25) is 5.02 Å². The van der Waals surface area contributed by atoms with Crippen LogP contribution >= 0.6 is 11.6 Å². The fourth-order valence-electron chi connectivity index (χ4n) is 1.79. The number of hydrogen-bond acceptors (Lipinski definition) is 3. The predicted molar refractivity (Wildman–Crippen MR) is 82.6 cm³/mol. The zero-order valence-corrected chi connectivity index (χ0v) is 12.5. The number of phenols is 1. The van der Waals surface area contributed by atoms with E-state index in [1.807, 2.05) is 37.3 Å². The second-order valence-corrected chi connectivity index (χ2v) is 5.39. The molecule has 4 heteroatoms. The molecule has 0 radical (unpaired) electrons. The maximum absolute atomic E-state index is 9.84. The summed E-state index contributed by atoms with van der Waals surface area (Å²) in [6, 6.07) is 10.9. The smallest absolute Gasteiger partial charge is 0.143 e. The molecule has 0 spiro atoms. The van der Waals surface area contributed by atoms with Crippen molar-refractivity contribution in [1.29, 1.82) is 0 Å². The molecule has 0 aliphatic carbocycles. The topological polar surface area (TPSA) is 45.0 Å². The lowest BCUT2D eigenvalue weighted by molar-refractivity contribution is 0.476. The minimum absolute atomic E-state index is 0.123. The van der Waals surface area contributed by atoms with Gasteiger partial charge >= 0.3 is 0 Å². The predicted octanol–water partition coefficient (Wildman–Crippen LogP) is 5.89. The number of azo groups is 1. The molecule has 0 amide bonds. The summed E-state index contributed by atoms with van der Waals surface area (Å²) in [6.45, 7) is 6.07. The fraction of sp³-hybridized carbons (Fsp3) is 0.250. The van der Waals surface area contributed by atoms with E-state index in [0.717, 1.165) is 11.1 Å². The molecule has 0 bridgehead atoms. The summed E-state index contributed by atoms with van der Waals surface area (Å²) in [4.78, 5) is 0. The van der Waals surface area contributed by atoms with Crippen LogP contribution in [0.15, 0.2) is 46.6 Å². The van der Waals surface area contributed by atoms with E-state index >= 15 is 0 Å². The van der Waals surface area contributed by atoms with Crippen molar-refractivity contribution in [3.8, 4) is 5.75 Å². The van der Waals surface area contributed by atoms with E-state index in [0.29, 0.717) is 22.3 Å². The third kappa shape index (κ3) is 3.17. The van der Waals surface area contributed by atoms with Gasteiger partial charge in [-0.3, -0.25) is 0 Å². The van der Waals surface area contributed by atoms with Crippen LogP contribution in [0.3, 0.4) is 0 Å². The Hall–Kier alpha value is -1.87. The Morgan fingerprint density at radius 1 is 1.05 bits per heavy atom. The second kappa shape index (κ2) is 6.06. The highest BCUT2D eigenvalue weighted by molar-refractivity contribution is 6.31. The fourth-order valence-corrected chi connectivity index (χ4v) is 1.96. The van der Waals surface area contributed by atoms with Gasteiger partial charge in [-0.2, -0.15) is 5.11 Å². The molecule has 0 fully saturated rings. The van der Waals surface area contributed by atoms with Crippen LogP contribution in [0.25, 0.3) is 0 Å². The van der Waals surface area contributed by atoms with Gasteiger partial charge in [-0.05, 0) is 48.2 Å². The Labute approximate surface area is 123 Å². The Bertz CT molecular complexity index is 651. The molecule has 0 atom stereocenters. The zero-order chi connectivity index (χ0) is 14.7. The number of halogens is 1. The molecular formula is C16H17ClN2O. The Kier molecular flexibility index (Phi) is 4.40. The first-order chi connectivity index (χ1) is 9.49. The largest absolute Gasteiger partial charge is 0.506 e. The highest BCUT2D eigenvalue weighted by Crippen LogP contribution is 2.33. The Morgan fingerprint density at radius 3 is 2.45 bits per heavy atom. The lowest BCUT2D eigenvalue weighted by Gasteiger charge is -2.07. The summed E-state index contributed by atoms with van der Waals surface area (Å²) in [5, 5.41) is 18.8. The minimum atomic E-state index is 0.123. The first-order valence-corrected chi connectivity index (χ1v) is 6.86. The average molecular weight is 289 g/mol. The van der Waals surface area contributed by atoms with Crippen molar-refractivity contribution < 1.29 is 5.11 Å². The lowest BCUT2D eigenvalue weighted by atomic mass is 10.0. The molecule has 20 heavy (non-hydrogen) atoms. The van der Waals surface area contributed by atoms with Crippen LogP contribution in [0.1, 0.15) is 30.9 Å². The van der Waals surface area contributed by atoms with Crippen LogP contribution in [-0.2, 0) is 0 Å². The molecule has 0 heterocycles. The van der Waals surface area contributed by atoms with E-state index in [4.69, 9.17) is 11.6 Å². The standard InChI is InChI=1S/C16H17ClN2O/c1-10(2)12-7-8-16(20)15(9-12)19-18-14-6-4-5-13(17)11(14)3/h4-10,20H,1-3H3. The van der Waals surface area contributed by atoms with Gasteiger partial charge in [0.1, 0.15) is 11.4 Å². The third-order valence-electron chi connectivity index (χ3n) is 3.17. The highest BCUT2D eigenvalue weighted by atomic mass is 35.5. The summed E-state index contributed by atoms with van der Waals surface area (Å²) in [7, 11) is 0. The molecule has 104 valence electrons. The van der Waals surface area contributed by atoms with Gasteiger partial charge in [0.2, 0.25) is 0 Å². The molecule has 0 unspecified atom stereocenters. The SMILES string of the molecule is Cc1c(Cl)cccc1N=Nc1cc(C(C)C)ccc1O. The molecule has 0 saturated heterocycles. The molecule has 3 nitrogen and oxygen atoms in total. The van der Waals surface area contributed by atoms with E-state index in [-0.39, 0.29) is 5.75 Å². The monoisotopic (exact) mass is 288 g/mol. The highest BCUT2D eigenvalue weighted by Gasteiger charge is 2.06. The molecule has 0 saturated carbocycles. The van der Waals surface area contributed by atoms with Gasteiger partial charge in [0.15, 0.2) is 0 Å². The van der Waals surface area contributed by atoms with Gasteiger partial charge in [0.25, 0.3) is 0 Å². The summed E-state index contributed by atoms with van der Waals surface area (Å²) >= 11 is 6.04. The maximum Gasteiger partial charge on any atom is 0.143 e. The zero-order valence-electron chi connectivity index (χ0n) is 11.8. The van der Waals surface area contributed by atoms with E-state index < -0.39 is 0 Å². The Balaban J connectivity index is 2.36. The van der Waals surface area contributed by atoms with Crippen molar-refractivity contribution in [1.82, 2.24) is 0 Å². The lowest BCUT2D eigenvalue weighted by Crippen LogP contribution is -1.85. The van der Waals surface area contributed by atoms with E-state index in [1.165, 1.54) is 0 Å². The molecule has 1 N–H and O–H groups in total. The summed E-state index contributed by atoms with van der Waals surface area (Å²) in [5.74, 6) is 0.496. The van der Waals surface area contributed by atoms with Crippen molar-refractivity contribution in [3.63, 3.8) is 0 Å². The van der Waals surface area contributed by atoms with Crippen molar-refractivity contribution >= 4 is 23.0 Å². The van der Waals surface area contributed by atoms with Crippen LogP contribution in [-0.4, -0.2) is 5.11 Å². The van der Waals surface area contributed by atoms with Crippen LogP contribution in [0.4, 0.5) is 11.4 Å². The van der Waals surface area contributed by atoms with Crippen LogP contribution in [0, 0.1) is 6.92 Å². The van der Waals surface area contributed by atoms with E-state index in [9.17, 15) is 5.11 Å². The van der Waals surface area contributed by atoms with Gasteiger partial charge in [0.05, 0.1) is 5.69 Å². The molecular weight excluding hydrogens is 272 g/mol. The molecule has 2 rings (SSSR count). The molecule has 2 aromatic rings. The average Bonchev–Trinajstić information content (AvgIpc) is 2.41. The molecule has 0 aliphatic heterocycles. The van der Waals surface area contributed by atoms with Crippen LogP contribution < -0.4 is 0 Å². The third-order valence-corrected chi connectivity index (χ3v) is 3.58. The van der Waals surface area contributed by atoms with Gasteiger partial charge in [-0.25, -0.2) is 0 Å². The van der Waals surface area contributed by atoms with Gasteiger partial charge in [-0.15, -0.1) is 5.11 Å². The van der Waals surface area contributed by atoms with E-state index in [1.54, 1.807) is 6.07 Å². The number of hydrogen-bond donors (Lipinski definition) is 1. The number of aromatic hydroxyl groups is 1. The quantitative estimate of drug-likeness (QED) is 0.703. The molecule has 0 aliphatic rings. The molecule has 2 aromatic carbocycles.